The summed E-state index contributed by atoms with van der Waals surface area (Å²) in [5.41, 5.74) is 6.77. The number of likely N-dealkylation sites (tertiary alicyclic amines) is 1. The minimum absolute atomic E-state index is 0. The fourth-order valence-corrected chi connectivity index (χ4v) is 5.32. The third-order valence-corrected chi connectivity index (χ3v) is 6.97. The topological polar surface area (TPSA) is 92.5 Å². The van der Waals surface area contributed by atoms with Crippen molar-refractivity contribution >= 4 is 28.3 Å². The minimum atomic E-state index is -3.61. The molecule has 2 fully saturated rings. The molecule has 0 radical (unpaired) electrons. The van der Waals surface area contributed by atoms with Crippen LogP contribution in [0.15, 0.2) is 23.1 Å². The molecule has 1 saturated heterocycles. The first kappa shape index (κ1) is 21.2. The number of nitrogens with two attached hydrogens (primary N) is 1. The van der Waals surface area contributed by atoms with Gasteiger partial charge in [0, 0.05) is 24.7 Å². The Balaban J connectivity index is 0.00000243. The number of amides is 1. The first-order valence-corrected chi connectivity index (χ1v) is 10.5. The molecule has 1 aliphatic heterocycles. The highest BCUT2D eigenvalue weighted by atomic mass is 35.5. The normalized spacial score (nSPS) is 21.0. The molecule has 8 heteroatoms. The van der Waals surface area contributed by atoms with Crippen molar-refractivity contribution in [3.8, 4) is 0 Å². The van der Waals surface area contributed by atoms with Gasteiger partial charge in [-0.25, -0.2) is 13.1 Å². The Bertz CT molecular complexity index is 748. The number of carbonyl (C=O) groups is 1. The van der Waals surface area contributed by atoms with E-state index in [-0.39, 0.29) is 29.3 Å². The van der Waals surface area contributed by atoms with E-state index in [4.69, 9.17) is 5.73 Å². The van der Waals surface area contributed by atoms with Gasteiger partial charge in [0.15, 0.2) is 0 Å². The van der Waals surface area contributed by atoms with E-state index in [1.54, 1.807) is 24.0 Å². The first-order valence-electron chi connectivity index (χ1n) is 9.03. The van der Waals surface area contributed by atoms with E-state index in [0.717, 1.165) is 32.1 Å². The van der Waals surface area contributed by atoms with Crippen molar-refractivity contribution in [3.63, 3.8) is 0 Å². The number of hydrogen-bond donors (Lipinski definition) is 2. The molecule has 0 spiro atoms. The molecule has 1 aromatic carbocycles. The smallest absolute Gasteiger partial charge is 0.253 e. The predicted molar refractivity (Wildman–Crippen MR) is 104 cm³/mol. The number of halogens is 1. The number of aryl methyl sites for hydroxylation is 1. The second kappa shape index (κ2) is 8.69. The van der Waals surface area contributed by atoms with Crippen LogP contribution in [0.25, 0.3) is 0 Å². The van der Waals surface area contributed by atoms with Crippen LogP contribution in [0, 0.1) is 12.8 Å². The highest BCUT2D eigenvalue weighted by Gasteiger charge is 2.28. The zero-order chi connectivity index (χ0) is 18.0. The fourth-order valence-electron chi connectivity index (χ4n) is 3.74. The summed E-state index contributed by atoms with van der Waals surface area (Å²) < 4.78 is 28.3. The van der Waals surface area contributed by atoms with Gasteiger partial charge >= 0.3 is 0 Å². The SMILES string of the molecule is Cc1ccc(C(=O)N2CCC(CN)C2)cc1S(=O)(=O)NC1CCCC1.Cl. The molecule has 1 atom stereocenters. The zero-order valence-electron chi connectivity index (χ0n) is 15.1. The van der Waals surface area contributed by atoms with Crippen LogP contribution in [0.2, 0.25) is 0 Å². The summed E-state index contributed by atoms with van der Waals surface area (Å²) in [7, 11) is -3.61. The summed E-state index contributed by atoms with van der Waals surface area (Å²) >= 11 is 0. The number of sulfonamides is 1. The minimum Gasteiger partial charge on any atom is -0.338 e. The Morgan fingerprint density at radius 1 is 1.27 bits per heavy atom. The lowest BCUT2D eigenvalue weighted by molar-refractivity contribution is 0.0787. The van der Waals surface area contributed by atoms with E-state index in [0.29, 0.717) is 36.7 Å². The van der Waals surface area contributed by atoms with Gasteiger partial charge in [-0.1, -0.05) is 18.9 Å². The van der Waals surface area contributed by atoms with Gasteiger partial charge in [0.05, 0.1) is 4.90 Å². The number of nitrogens with one attached hydrogen (secondary N) is 1. The third kappa shape index (κ3) is 4.57. The number of nitrogens with zero attached hydrogens (tertiary/aromatic N) is 1. The summed E-state index contributed by atoms with van der Waals surface area (Å²) in [6.07, 6.45) is 4.78. The Hall–Kier alpha value is -1.15. The molecular formula is C18H28ClN3O3S. The van der Waals surface area contributed by atoms with E-state index >= 15 is 0 Å². The molecule has 3 N–H and O–H groups in total. The van der Waals surface area contributed by atoms with Gasteiger partial charge in [-0.05, 0) is 56.3 Å². The zero-order valence-corrected chi connectivity index (χ0v) is 16.7. The van der Waals surface area contributed by atoms with Crippen molar-refractivity contribution in [3.05, 3.63) is 29.3 Å². The van der Waals surface area contributed by atoms with E-state index in [2.05, 4.69) is 4.72 Å². The number of benzene rings is 1. The van der Waals surface area contributed by atoms with Crippen LogP contribution in [0.5, 0.6) is 0 Å². The summed E-state index contributed by atoms with van der Waals surface area (Å²) in [6, 6.07) is 4.95. The molecule has 1 aliphatic carbocycles. The van der Waals surface area contributed by atoms with E-state index in [1.165, 1.54) is 6.07 Å². The van der Waals surface area contributed by atoms with Crippen molar-refractivity contribution in [1.82, 2.24) is 9.62 Å². The molecule has 1 saturated carbocycles. The summed E-state index contributed by atoms with van der Waals surface area (Å²) in [5, 5.41) is 0. The number of rotatable bonds is 5. The number of hydrogen-bond acceptors (Lipinski definition) is 4. The molecule has 26 heavy (non-hydrogen) atoms. The maximum absolute atomic E-state index is 12.8. The molecule has 1 amide bonds. The summed E-state index contributed by atoms with van der Waals surface area (Å²) in [6.45, 7) is 3.66. The highest BCUT2D eigenvalue weighted by molar-refractivity contribution is 7.89. The molecule has 0 bridgehead atoms. The maximum Gasteiger partial charge on any atom is 0.253 e. The molecule has 1 heterocycles. The summed E-state index contributed by atoms with van der Waals surface area (Å²) in [4.78, 5) is 14.7. The standard InChI is InChI=1S/C18H27N3O3S.ClH/c1-13-6-7-15(18(22)21-9-8-14(11-19)12-21)10-17(13)25(23,24)20-16-4-2-3-5-16;/h6-7,10,14,16,20H,2-5,8-9,11-12,19H2,1H3;1H. The van der Waals surface area contributed by atoms with Gasteiger partial charge in [-0.15, -0.1) is 12.4 Å². The van der Waals surface area contributed by atoms with E-state index < -0.39 is 10.0 Å². The molecule has 146 valence electrons. The van der Waals surface area contributed by atoms with Crippen LogP contribution in [-0.2, 0) is 10.0 Å². The Labute approximate surface area is 162 Å². The van der Waals surface area contributed by atoms with Gasteiger partial charge in [-0.3, -0.25) is 4.79 Å². The van der Waals surface area contributed by atoms with Crippen molar-refractivity contribution in [2.75, 3.05) is 19.6 Å². The lowest BCUT2D eigenvalue weighted by Gasteiger charge is -2.18. The molecule has 0 aromatic heterocycles. The lowest BCUT2D eigenvalue weighted by atomic mass is 10.1. The third-order valence-electron chi connectivity index (χ3n) is 5.31. The second-order valence-electron chi connectivity index (χ2n) is 7.22. The van der Waals surface area contributed by atoms with Crippen LogP contribution >= 0.6 is 12.4 Å². The summed E-state index contributed by atoms with van der Waals surface area (Å²) in [5.74, 6) is 0.218. The van der Waals surface area contributed by atoms with Gasteiger partial charge in [-0.2, -0.15) is 0 Å². The largest absolute Gasteiger partial charge is 0.338 e. The van der Waals surface area contributed by atoms with Crippen LogP contribution in [0.1, 0.15) is 48.0 Å². The maximum atomic E-state index is 12.8. The van der Waals surface area contributed by atoms with Crippen molar-refractivity contribution in [2.45, 2.75) is 50.0 Å². The molecule has 1 unspecified atom stereocenters. The average molecular weight is 402 g/mol. The van der Waals surface area contributed by atoms with Crippen LogP contribution < -0.4 is 10.5 Å². The van der Waals surface area contributed by atoms with Gasteiger partial charge < -0.3 is 10.6 Å². The van der Waals surface area contributed by atoms with Crippen LogP contribution in [0.4, 0.5) is 0 Å². The van der Waals surface area contributed by atoms with Gasteiger partial charge in [0.2, 0.25) is 10.0 Å². The first-order chi connectivity index (χ1) is 11.9. The quantitative estimate of drug-likeness (QED) is 0.789. The highest BCUT2D eigenvalue weighted by Crippen LogP contribution is 2.24. The lowest BCUT2D eigenvalue weighted by Crippen LogP contribution is -2.33. The molecule has 1 aromatic rings. The second-order valence-corrected chi connectivity index (χ2v) is 8.91. The van der Waals surface area contributed by atoms with Crippen molar-refractivity contribution in [2.24, 2.45) is 11.7 Å². The molecule has 2 aliphatic rings. The molecule has 3 rings (SSSR count). The number of carbonyl (C=O) groups excluding carboxylic acids is 1. The van der Waals surface area contributed by atoms with E-state index in [9.17, 15) is 13.2 Å². The molecular weight excluding hydrogens is 374 g/mol. The Morgan fingerprint density at radius 2 is 1.96 bits per heavy atom. The predicted octanol–water partition coefficient (Wildman–Crippen LogP) is 2.06. The van der Waals surface area contributed by atoms with E-state index in [1.807, 2.05) is 0 Å². The van der Waals surface area contributed by atoms with Gasteiger partial charge in [0.25, 0.3) is 5.91 Å². The van der Waals surface area contributed by atoms with Crippen molar-refractivity contribution in [1.29, 1.82) is 0 Å². The fraction of sp³-hybridized carbons (Fsp3) is 0.611. The van der Waals surface area contributed by atoms with Crippen LogP contribution in [-0.4, -0.2) is 44.9 Å². The van der Waals surface area contributed by atoms with Crippen molar-refractivity contribution < 1.29 is 13.2 Å². The average Bonchev–Trinajstić information content (AvgIpc) is 3.25. The Kier molecular flexibility index (Phi) is 7.07. The monoisotopic (exact) mass is 401 g/mol. The van der Waals surface area contributed by atoms with Gasteiger partial charge in [0.1, 0.15) is 0 Å². The molecule has 6 nitrogen and oxygen atoms in total. The Morgan fingerprint density at radius 3 is 2.58 bits per heavy atom. The van der Waals surface area contributed by atoms with Crippen LogP contribution in [0.3, 0.4) is 0 Å².